The van der Waals surface area contributed by atoms with Crippen molar-refractivity contribution in [2.24, 2.45) is 0 Å². The Morgan fingerprint density at radius 2 is 1.81 bits per heavy atom. The van der Waals surface area contributed by atoms with E-state index in [1.54, 1.807) is 24.3 Å². The van der Waals surface area contributed by atoms with Crippen LogP contribution in [0.15, 0.2) is 47.4 Å². The van der Waals surface area contributed by atoms with Gasteiger partial charge in [-0.3, -0.25) is 9.59 Å². The fraction of sp³-hybridized carbons (Fsp3) is 0.222. The molecule has 0 fully saturated rings. The van der Waals surface area contributed by atoms with Gasteiger partial charge in [0.2, 0.25) is 5.91 Å². The molecule has 0 radical (unpaired) electrons. The quantitative estimate of drug-likeness (QED) is 0.794. The van der Waals surface area contributed by atoms with Crippen molar-refractivity contribution in [1.82, 2.24) is 9.62 Å². The topological polar surface area (TPSA) is 102 Å². The molecule has 1 heterocycles. The van der Waals surface area contributed by atoms with Crippen LogP contribution in [-0.2, 0) is 21.4 Å². The van der Waals surface area contributed by atoms with Crippen molar-refractivity contribution in [3.63, 3.8) is 0 Å². The normalized spacial score (nSPS) is 14.6. The van der Waals surface area contributed by atoms with Crippen molar-refractivity contribution < 1.29 is 27.5 Å². The molecule has 0 spiro atoms. The van der Waals surface area contributed by atoms with Crippen LogP contribution in [0.1, 0.15) is 15.9 Å². The third-order valence-electron chi connectivity index (χ3n) is 4.16. The van der Waals surface area contributed by atoms with Gasteiger partial charge in [-0.1, -0.05) is 24.3 Å². The molecule has 0 bridgehead atoms. The lowest BCUT2D eigenvalue weighted by molar-refractivity contribution is -0.121. The maximum Gasteiger partial charge on any atom is 0.269 e. The van der Waals surface area contributed by atoms with Gasteiger partial charge < -0.3 is 14.8 Å². The van der Waals surface area contributed by atoms with Crippen molar-refractivity contribution in [2.45, 2.75) is 11.4 Å². The lowest BCUT2D eigenvalue weighted by atomic mass is 10.2. The second-order valence-electron chi connectivity index (χ2n) is 5.74. The number of hydrogen-bond acceptors (Lipinski definition) is 6. The van der Waals surface area contributed by atoms with Crippen LogP contribution in [0.25, 0.3) is 0 Å². The highest BCUT2D eigenvalue weighted by molar-refractivity contribution is 7.90. The van der Waals surface area contributed by atoms with E-state index in [9.17, 15) is 18.0 Å². The molecule has 0 unspecified atom stereocenters. The molecule has 3 rings (SSSR count). The number of fused-ring (bicyclic) bond motifs is 1. The first-order valence-electron chi connectivity index (χ1n) is 8.02. The van der Waals surface area contributed by atoms with Crippen molar-refractivity contribution in [3.8, 4) is 11.5 Å². The van der Waals surface area contributed by atoms with Gasteiger partial charge in [0, 0.05) is 12.1 Å². The monoisotopic (exact) mass is 390 g/mol. The van der Waals surface area contributed by atoms with E-state index in [4.69, 9.17) is 9.47 Å². The molecule has 1 aliphatic heterocycles. The number of sulfonamides is 1. The van der Waals surface area contributed by atoms with Gasteiger partial charge in [0.25, 0.3) is 15.9 Å². The number of nitrogens with zero attached hydrogens (tertiary/aromatic N) is 1. The zero-order chi connectivity index (χ0) is 19.6. The number of amides is 2. The Hall–Kier alpha value is -3.07. The van der Waals surface area contributed by atoms with Crippen LogP contribution in [-0.4, -0.2) is 45.3 Å². The van der Waals surface area contributed by atoms with Gasteiger partial charge in [0.15, 0.2) is 11.5 Å². The van der Waals surface area contributed by atoms with Crippen molar-refractivity contribution in [3.05, 3.63) is 53.6 Å². The average Bonchev–Trinajstić information content (AvgIpc) is 2.87. The third kappa shape index (κ3) is 3.33. The number of para-hydroxylation sites is 1. The van der Waals surface area contributed by atoms with Crippen molar-refractivity contribution >= 4 is 21.8 Å². The van der Waals surface area contributed by atoms with Gasteiger partial charge in [-0.2, -0.15) is 0 Å². The molecule has 0 aromatic heterocycles. The van der Waals surface area contributed by atoms with E-state index in [0.29, 0.717) is 21.4 Å². The van der Waals surface area contributed by atoms with Crippen LogP contribution in [0.5, 0.6) is 11.5 Å². The van der Waals surface area contributed by atoms with E-state index < -0.39 is 28.4 Å². The number of carbonyl (C=O) groups is 2. The van der Waals surface area contributed by atoms with Crippen LogP contribution < -0.4 is 14.8 Å². The molecule has 1 N–H and O–H groups in total. The summed E-state index contributed by atoms with van der Waals surface area (Å²) in [4.78, 5) is 24.5. The number of ether oxygens (including phenoxy) is 2. The van der Waals surface area contributed by atoms with Crippen LogP contribution in [0.3, 0.4) is 0 Å². The molecule has 142 valence electrons. The number of benzene rings is 2. The molecule has 1 aliphatic rings. The minimum Gasteiger partial charge on any atom is -0.493 e. The summed E-state index contributed by atoms with van der Waals surface area (Å²) in [7, 11) is -1.04. The Labute approximate surface area is 156 Å². The van der Waals surface area contributed by atoms with Gasteiger partial charge in [-0.25, -0.2) is 12.7 Å². The van der Waals surface area contributed by atoms with Crippen molar-refractivity contribution in [2.75, 3.05) is 20.8 Å². The van der Waals surface area contributed by atoms with Gasteiger partial charge >= 0.3 is 0 Å². The van der Waals surface area contributed by atoms with Crippen molar-refractivity contribution in [1.29, 1.82) is 0 Å². The largest absolute Gasteiger partial charge is 0.493 e. The lowest BCUT2D eigenvalue weighted by Crippen LogP contribution is -2.40. The zero-order valence-electron chi connectivity index (χ0n) is 14.8. The zero-order valence-corrected chi connectivity index (χ0v) is 15.6. The SMILES string of the molecule is COc1cccc(CNC(=O)CN2C(=O)c3ccccc3S2(=O)=O)c1OC. The lowest BCUT2D eigenvalue weighted by Gasteiger charge is -2.16. The second kappa shape index (κ2) is 7.28. The molecule has 2 aromatic rings. The van der Waals surface area contributed by atoms with Gasteiger partial charge in [0.05, 0.1) is 19.8 Å². The highest BCUT2D eigenvalue weighted by Crippen LogP contribution is 2.31. The van der Waals surface area contributed by atoms with E-state index in [-0.39, 0.29) is 17.0 Å². The minimum atomic E-state index is -4.02. The highest BCUT2D eigenvalue weighted by Gasteiger charge is 2.41. The second-order valence-corrected chi connectivity index (χ2v) is 7.57. The molecule has 0 aliphatic carbocycles. The Morgan fingerprint density at radius 1 is 1.07 bits per heavy atom. The highest BCUT2D eigenvalue weighted by atomic mass is 32.2. The van der Waals surface area contributed by atoms with E-state index in [0.717, 1.165) is 0 Å². The average molecular weight is 390 g/mol. The standard InChI is InChI=1S/C18H18N2O6S/c1-25-14-8-5-6-12(17(14)26-2)10-19-16(21)11-20-18(22)13-7-3-4-9-15(13)27(20,23)24/h3-9H,10-11H2,1-2H3,(H,19,21). The van der Waals surface area contributed by atoms with E-state index in [1.165, 1.54) is 32.4 Å². The molecule has 2 amide bonds. The predicted octanol–water partition coefficient (Wildman–Crippen LogP) is 1.16. The molecule has 27 heavy (non-hydrogen) atoms. The van der Waals surface area contributed by atoms with Gasteiger partial charge in [0.1, 0.15) is 11.4 Å². The summed E-state index contributed by atoms with van der Waals surface area (Å²) < 4.78 is 36.0. The fourth-order valence-corrected chi connectivity index (χ4v) is 4.39. The van der Waals surface area contributed by atoms with E-state index in [1.807, 2.05) is 0 Å². The summed E-state index contributed by atoms with van der Waals surface area (Å²) >= 11 is 0. The van der Waals surface area contributed by atoms with Gasteiger partial charge in [-0.15, -0.1) is 0 Å². The van der Waals surface area contributed by atoms with Crippen LogP contribution in [0, 0.1) is 0 Å². The molecular weight excluding hydrogens is 372 g/mol. The molecule has 0 saturated heterocycles. The van der Waals surface area contributed by atoms with E-state index >= 15 is 0 Å². The summed E-state index contributed by atoms with van der Waals surface area (Å²) in [6.07, 6.45) is 0. The first-order chi connectivity index (χ1) is 12.9. The Balaban J connectivity index is 1.72. The Bertz CT molecular complexity index is 1000. The van der Waals surface area contributed by atoms with Crippen LogP contribution >= 0.6 is 0 Å². The number of methoxy groups -OCH3 is 2. The summed E-state index contributed by atoms with van der Waals surface area (Å²) in [5, 5.41) is 2.60. The first kappa shape index (κ1) is 18.7. The smallest absolute Gasteiger partial charge is 0.269 e. The molecular formula is C18H18N2O6S. The summed E-state index contributed by atoms with van der Waals surface area (Å²) in [5.41, 5.74) is 0.726. The maximum absolute atomic E-state index is 12.5. The summed E-state index contributed by atoms with van der Waals surface area (Å²) in [5.74, 6) is -0.334. The Morgan fingerprint density at radius 3 is 2.48 bits per heavy atom. The first-order valence-corrected chi connectivity index (χ1v) is 9.46. The number of carbonyl (C=O) groups excluding carboxylic acids is 2. The molecule has 9 heteroatoms. The number of rotatable bonds is 6. The molecule has 2 aromatic carbocycles. The summed E-state index contributed by atoms with van der Waals surface area (Å²) in [6, 6.07) is 11.1. The predicted molar refractivity (Wildman–Crippen MR) is 96.1 cm³/mol. The Kier molecular flexibility index (Phi) is 5.04. The molecule has 8 nitrogen and oxygen atoms in total. The maximum atomic E-state index is 12.5. The minimum absolute atomic E-state index is 0.0692. The third-order valence-corrected chi connectivity index (χ3v) is 5.95. The molecule has 0 saturated carbocycles. The van der Waals surface area contributed by atoms with Crippen LogP contribution in [0.4, 0.5) is 0 Å². The number of hydrogen-bond donors (Lipinski definition) is 1. The summed E-state index contributed by atoms with van der Waals surface area (Å²) in [6.45, 7) is -0.504. The van der Waals surface area contributed by atoms with Gasteiger partial charge in [-0.05, 0) is 18.2 Å². The number of nitrogens with one attached hydrogen (secondary N) is 1. The fourth-order valence-electron chi connectivity index (χ4n) is 2.86. The van der Waals surface area contributed by atoms with E-state index in [2.05, 4.69) is 5.32 Å². The van der Waals surface area contributed by atoms with Crippen LogP contribution in [0.2, 0.25) is 0 Å². The molecule has 0 atom stereocenters.